The third kappa shape index (κ3) is 6.66. The molecule has 0 saturated heterocycles. The molecule has 3 atom stereocenters. The van der Waals surface area contributed by atoms with Crippen molar-refractivity contribution < 1.29 is 14.9 Å². The van der Waals surface area contributed by atoms with Crippen molar-refractivity contribution in [1.82, 2.24) is 0 Å². The van der Waals surface area contributed by atoms with Crippen LogP contribution >= 0.6 is 0 Å². The van der Waals surface area contributed by atoms with E-state index < -0.39 is 0 Å². The molecule has 1 heterocycles. The van der Waals surface area contributed by atoms with Gasteiger partial charge in [0.25, 0.3) is 0 Å². The lowest BCUT2D eigenvalue weighted by Crippen LogP contribution is -2.45. The van der Waals surface area contributed by atoms with Gasteiger partial charge in [0.15, 0.2) is 0 Å². The first-order chi connectivity index (χ1) is 14.1. The summed E-state index contributed by atoms with van der Waals surface area (Å²) in [7, 11) is 0. The molecule has 3 nitrogen and oxygen atoms in total. The number of fused-ring (bicyclic) bond motifs is 1. The van der Waals surface area contributed by atoms with Gasteiger partial charge in [-0.1, -0.05) is 67.5 Å². The Balaban J connectivity index is 1.98. The molecule has 2 aliphatic rings. The lowest BCUT2D eigenvalue weighted by Gasteiger charge is -2.44. The number of aliphatic hydroxyl groups is 2. The van der Waals surface area contributed by atoms with Gasteiger partial charge >= 0.3 is 0 Å². The standard InChI is InChI=1S/C27H40O3/c1-20(11-7-8-12-21(2)14-10-16-28)13-9-15-22(3)24-17-25-26(4,5)18-23(29)19-27(25,6)30-24/h7-9,11-13,15,17,23-24,28-29H,10,14,16,18-19H2,1-6H3/b8-7+,13-9+,20-11+,21-12+,22-15+/t23-,24+,27+/m0/s1. The van der Waals surface area contributed by atoms with Crippen molar-refractivity contribution in [3.05, 3.63) is 70.9 Å². The highest BCUT2D eigenvalue weighted by atomic mass is 16.5. The molecular formula is C27H40O3. The minimum absolute atomic E-state index is 0.0320. The molecule has 0 radical (unpaired) electrons. The normalized spacial score (nSPS) is 30.3. The third-order valence-corrected chi connectivity index (χ3v) is 6.12. The van der Waals surface area contributed by atoms with Gasteiger partial charge in [-0.15, -0.1) is 0 Å². The van der Waals surface area contributed by atoms with Crippen LogP contribution in [-0.4, -0.2) is 34.6 Å². The lowest BCUT2D eigenvalue weighted by molar-refractivity contribution is -0.0683. The molecule has 1 saturated carbocycles. The van der Waals surface area contributed by atoms with Crippen molar-refractivity contribution in [1.29, 1.82) is 0 Å². The van der Waals surface area contributed by atoms with Gasteiger partial charge < -0.3 is 14.9 Å². The van der Waals surface area contributed by atoms with Crippen molar-refractivity contribution in [2.45, 2.75) is 85.0 Å². The van der Waals surface area contributed by atoms with Crippen molar-refractivity contribution >= 4 is 0 Å². The molecule has 0 bridgehead atoms. The van der Waals surface area contributed by atoms with E-state index in [-0.39, 0.29) is 29.8 Å². The summed E-state index contributed by atoms with van der Waals surface area (Å²) in [5, 5.41) is 19.1. The smallest absolute Gasteiger partial charge is 0.0982 e. The van der Waals surface area contributed by atoms with Gasteiger partial charge in [-0.05, 0) is 69.6 Å². The Bertz CT molecular complexity index is 776. The Morgan fingerprint density at radius 2 is 1.77 bits per heavy atom. The monoisotopic (exact) mass is 412 g/mol. The maximum absolute atomic E-state index is 10.3. The fourth-order valence-corrected chi connectivity index (χ4v) is 4.62. The molecule has 1 aliphatic heterocycles. The van der Waals surface area contributed by atoms with Crippen LogP contribution in [0.15, 0.2) is 70.9 Å². The van der Waals surface area contributed by atoms with Crippen LogP contribution in [0.2, 0.25) is 0 Å². The molecule has 0 aromatic rings. The van der Waals surface area contributed by atoms with E-state index in [2.05, 4.69) is 78.0 Å². The number of hydrogen-bond acceptors (Lipinski definition) is 3. The van der Waals surface area contributed by atoms with Crippen molar-refractivity contribution in [2.75, 3.05) is 6.61 Å². The Morgan fingerprint density at radius 3 is 2.47 bits per heavy atom. The summed E-state index contributed by atoms with van der Waals surface area (Å²) in [6, 6.07) is 0. The average molecular weight is 413 g/mol. The summed E-state index contributed by atoms with van der Waals surface area (Å²) in [5.41, 5.74) is 4.54. The number of hydrogen-bond donors (Lipinski definition) is 2. The molecule has 0 aromatic carbocycles. The molecule has 166 valence electrons. The highest BCUT2D eigenvalue weighted by Crippen LogP contribution is 2.51. The van der Waals surface area contributed by atoms with E-state index in [1.807, 2.05) is 12.2 Å². The number of aliphatic hydroxyl groups excluding tert-OH is 2. The lowest BCUT2D eigenvalue weighted by atomic mass is 9.65. The van der Waals surface area contributed by atoms with Crippen LogP contribution in [0.25, 0.3) is 0 Å². The van der Waals surface area contributed by atoms with Gasteiger partial charge in [0.2, 0.25) is 0 Å². The summed E-state index contributed by atoms with van der Waals surface area (Å²) < 4.78 is 6.41. The van der Waals surface area contributed by atoms with Gasteiger partial charge in [-0.2, -0.15) is 0 Å². The van der Waals surface area contributed by atoms with E-state index in [1.165, 1.54) is 22.3 Å². The van der Waals surface area contributed by atoms with Crippen molar-refractivity contribution in [3.8, 4) is 0 Å². The summed E-state index contributed by atoms with van der Waals surface area (Å²) in [4.78, 5) is 0. The van der Waals surface area contributed by atoms with Crippen LogP contribution in [0.1, 0.15) is 67.2 Å². The zero-order valence-corrected chi connectivity index (χ0v) is 19.6. The first-order valence-corrected chi connectivity index (χ1v) is 11.1. The molecule has 0 aromatic heterocycles. The van der Waals surface area contributed by atoms with Crippen LogP contribution in [0.3, 0.4) is 0 Å². The molecule has 0 spiro atoms. The molecule has 0 unspecified atom stereocenters. The van der Waals surface area contributed by atoms with E-state index in [0.29, 0.717) is 6.42 Å². The summed E-state index contributed by atoms with van der Waals surface area (Å²) in [6.45, 7) is 13.0. The predicted octanol–water partition coefficient (Wildman–Crippen LogP) is 5.98. The molecule has 3 heteroatoms. The number of rotatable bonds is 8. The van der Waals surface area contributed by atoms with E-state index in [0.717, 1.165) is 19.3 Å². The van der Waals surface area contributed by atoms with Crippen LogP contribution in [0.4, 0.5) is 0 Å². The van der Waals surface area contributed by atoms with Crippen molar-refractivity contribution in [3.63, 3.8) is 0 Å². The van der Waals surface area contributed by atoms with E-state index in [4.69, 9.17) is 9.84 Å². The van der Waals surface area contributed by atoms with Gasteiger partial charge in [-0.25, -0.2) is 0 Å². The van der Waals surface area contributed by atoms with Gasteiger partial charge in [0.1, 0.15) is 0 Å². The Labute approximate surface area is 183 Å². The summed E-state index contributed by atoms with van der Waals surface area (Å²) in [5.74, 6) is 0. The molecule has 1 fully saturated rings. The predicted molar refractivity (Wildman–Crippen MR) is 126 cm³/mol. The number of ether oxygens (including phenoxy) is 1. The van der Waals surface area contributed by atoms with Crippen LogP contribution in [-0.2, 0) is 4.74 Å². The van der Waals surface area contributed by atoms with Gasteiger partial charge in [0, 0.05) is 13.0 Å². The minimum Gasteiger partial charge on any atom is -0.396 e. The maximum atomic E-state index is 10.3. The van der Waals surface area contributed by atoms with Crippen molar-refractivity contribution in [2.24, 2.45) is 5.41 Å². The molecule has 2 rings (SSSR count). The molecule has 1 aliphatic carbocycles. The van der Waals surface area contributed by atoms with E-state index in [1.54, 1.807) is 0 Å². The Kier molecular flexibility index (Phi) is 8.66. The van der Waals surface area contributed by atoms with Crippen LogP contribution in [0.5, 0.6) is 0 Å². The highest BCUT2D eigenvalue weighted by molar-refractivity contribution is 5.37. The summed E-state index contributed by atoms with van der Waals surface area (Å²) in [6.07, 6.45) is 19.7. The van der Waals surface area contributed by atoms with Crippen LogP contribution < -0.4 is 0 Å². The molecule has 30 heavy (non-hydrogen) atoms. The Hall–Kier alpha value is -1.68. The Morgan fingerprint density at radius 1 is 1.07 bits per heavy atom. The average Bonchev–Trinajstić information content (AvgIpc) is 3.01. The molecule has 0 amide bonds. The quantitative estimate of drug-likeness (QED) is 0.381. The first kappa shape index (κ1) is 24.6. The van der Waals surface area contributed by atoms with Gasteiger partial charge in [0.05, 0.1) is 17.8 Å². The largest absolute Gasteiger partial charge is 0.396 e. The third-order valence-electron chi connectivity index (χ3n) is 6.12. The molecule has 2 N–H and O–H groups in total. The number of allylic oxidation sites excluding steroid dienone is 9. The summed E-state index contributed by atoms with van der Waals surface area (Å²) >= 11 is 0. The zero-order valence-electron chi connectivity index (χ0n) is 19.6. The second kappa shape index (κ2) is 10.6. The van der Waals surface area contributed by atoms with E-state index in [9.17, 15) is 5.11 Å². The second-order valence-electron chi connectivity index (χ2n) is 9.70. The molecular weight excluding hydrogens is 372 g/mol. The van der Waals surface area contributed by atoms with Gasteiger partial charge in [-0.3, -0.25) is 0 Å². The SMILES string of the molecule is CC(/C=C/C=C(\C)[C@H]1C=C2C(C)(C)C[C@H](O)C[C@@]2(C)O1)=C\C=C\C=C(/C)CCCO. The maximum Gasteiger partial charge on any atom is 0.0982 e. The van der Waals surface area contributed by atoms with E-state index >= 15 is 0 Å². The second-order valence-corrected chi connectivity index (χ2v) is 9.70. The fourth-order valence-electron chi connectivity index (χ4n) is 4.62. The minimum atomic E-state index is -0.367. The van der Waals surface area contributed by atoms with Crippen LogP contribution in [0, 0.1) is 5.41 Å². The first-order valence-electron chi connectivity index (χ1n) is 11.1. The fraction of sp³-hybridized carbons (Fsp3) is 0.556. The zero-order chi connectivity index (χ0) is 22.4. The highest BCUT2D eigenvalue weighted by Gasteiger charge is 2.50. The topological polar surface area (TPSA) is 49.7 Å².